The summed E-state index contributed by atoms with van der Waals surface area (Å²) in [6.07, 6.45) is 2.24. The van der Waals surface area contributed by atoms with E-state index in [0.29, 0.717) is 32.7 Å². The Labute approximate surface area is 173 Å². The molecule has 1 aliphatic rings. The molecule has 1 heterocycles. The van der Waals surface area contributed by atoms with Crippen molar-refractivity contribution in [3.8, 4) is 0 Å². The van der Waals surface area contributed by atoms with Crippen molar-refractivity contribution in [2.75, 3.05) is 38.2 Å². The smallest absolute Gasteiger partial charge is 0.227 e. The zero-order valence-electron chi connectivity index (χ0n) is 17.1. The topological polar surface area (TPSA) is 66.0 Å². The minimum Gasteiger partial charge on any atom is -0.375 e. The van der Waals surface area contributed by atoms with Crippen molar-refractivity contribution in [2.24, 2.45) is 4.99 Å². The van der Waals surface area contributed by atoms with Crippen LogP contribution in [0.5, 0.6) is 0 Å². The summed E-state index contributed by atoms with van der Waals surface area (Å²) in [7, 11) is 1.74. The molecule has 2 aromatic rings. The number of nitrogens with zero attached hydrogens (tertiary/aromatic N) is 2. The first-order valence-corrected chi connectivity index (χ1v) is 10.2. The molecular formula is C23H30N4O2. The lowest BCUT2D eigenvalue weighted by atomic mass is 10.2. The van der Waals surface area contributed by atoms with E-state index in [1.165, 1.54) is 11.1 Å². The molecule has 0 fully saturated rings. The van der Waals surface area contributed by atoms with Crippen LogP contribution in [0.3, 0.4) is 0 Å². The molecule has 154 valence electrons. The number of carbonyl (C=O) groups is 1. The number of benzene rings is 2. The average Bonchev–Trinajstić information content (AvgIpc) is 3.20. The Hall–Kier alpha value is -2.86. The number of hydrogen-bond acceptors (Lipinski definition) is 3. The van der Waals surface area contributed by atoms with E-state index in [-0.39, 0.29) is 5.91 Å². The van der Waals surface area contributed by atoms with Crippen LogP contribution in [0, 0.1) is 0 Å². The summed E-state index contributed by atoms with van der Waals surface area (Å²) in [5.41, 5.74) is 3.50. The molecule has 1 amide bonds. The molecule has 0 aromatic heterocycles. The minimum absolute atomic E-state index is 0.189. The van der Waals surface area contributed by atoms with Crippen LogP contribution in [0.4, 0.5) is 5.69 Å². The van der Waals surface area contributed by atoms with Crippen molar-refractivity contribution in [2.45, 2.75) is 25.9 Å². The number of hydrogen-bond donors (Lipinski definition) is 2. The lowest BCUT2D eigenvalue weighted by Crippen LogP contribution is -2.39. The highest BCUT2D eigenvalue weighted by Crippen LogP contribution is 2.27. The molecule has 29 heavy (non-hydrogen) atoms. The molecule has 2 aromatic carbocycles. The summed E-state index contributed by atoms with van der Waals surface area (Å²) < 4.78 is 5.66. The number of amides is 1. The third-order valence-corrected chi connectivity index (χ3v) is 4.92. The summed E-state index contributed by atoms with van der Waals surface area (Å²) >= 11 is 0. The second-order valence-electron chi connectivity index (χ2n) is 6.99. The number of para-hydroxylation sites is 1. The Bertz CT molecular complexity index is 808. The van der Waals surface area contributed by atoms with Crippen LogP contribution >= 0.6 is 0 Å². The third kappa shape index (κ3) is 6.32. The van der Waals surface area contributed by atoms with Crippen LogP contribution in [-0.4, -0.2) is 45.2 Å². The minimum atomic E-state index is 0.189. The number of carbonyl (C=O) groups excluding carboxylic acids is 1. The van der Waals surface area contributed by atoms with Gasteiger partial charge < -0.3 is 20.3 Å². The number of anilines is 1. The van der Waals surface area contributed by atoms with E-state index in [1.54, 1.807) is 7.05 Å². The van der Waals surface area contributed by atoms with Gasteiger partial charge in [0.1, 0.15) is 0 Å². The lowest BCUT2D eigenvalue weighted by Gasteiger charge is -2.17. The van der Waals surface area contributed by atoms with Gasteiger partial charge in [-0.25, -0.2) is 0 Å². The van der Waals surface area contributed by atoms with Crippen LogP contribution in [0.15, 0.2) is 59.6 Å². The number of guanidine groups is 1. The Balaban J connectivity index is 1.28. The maximum atomic E-state index is 12.5. The van der Waals surface area contributed by atoms with Crippen molar-refractivity contribution in [3.63, 3.8) is 0 Å². The van der Waals surface area contributed by atoms with Crippen molar-refractivity contribution in [1.29, 1.82) is 0 Å². The predicted octanol–water partition coefficient (Wildman–Crippen LogP) is 2.74. The van der Waals surface area contributed by atoms with Gasteiger partial charge in [-0.2, -0.15) is 0 Å². The zero-order chi connectivity index (χ0) is 20.3. The SMILES string of the molecule is CN=C(NCCCC(=O)N1CCc2ccccc21)NCCOCc1ccccc1. The highest BCUT2D eigenvalue weighted by Gasteiger charge is 2.23. The van der Waals surface area contributed by atoms with E-state index >= 15 is 0 Å². The fourth-order valence-electron chi connectivity index (χ4n) is 3.41. The Morgan fingerprint density at radius 1 is 1.07 bits per heavy atom. The van der Waals surface area contributed by atoms with E-state index in [4.69, 9.17) is 4.74 Å². The van der Waals surface area contributed by atoms with Crippen LogP contribution in [0.1, 0.15) is 24.0 Å². The Morgan fingerprint density at radius 3 is 2.66 bits per heavy atom. The normalized spacial score (nSPS) is 13.3. The highest BCUT2D eigenvalue weighted by molar-refractivity contribution is 5.95. The third-order valence-electron chi connectivity index (χ3n) is 4.92. The molecule has 0 spiro atoms. The van der Waals surface area contributed by atoms with Gasteiger partial charge >= 0.3 is 0 Å². The number of ether oxygens (including phenoxy) is 1. The second kappa shape index (κ2) is 11.2. The summed E-state index contributed by atoms with van der Waals surface area (Å²) in [6, 6.07) is 18.3. The zero-order valence-corrected chi connectivity index (χ0v) is 17.1. The molecule has 2 N–H and O–H groups in total. The van der Waals surface area contributed by atoms with Gasteiger partial charge in [0, 0.05) is 38.8 Å². The maximum absolute atomic E-state index is 12.5. The first-order chi connectivity index (χ1) is 14.3. The maximum Gasteiger partial charge on any atom is 0.227 e. The van der Waals surface area contributed by atoms with E-state index in [9.17, 15) is 4.79 Å². The highest BCUT2D eigenvalue weighted by atomic mass is 16.5. The molecule has 0 saturated carbocycles. The summed E-state index contributed by atoms with van der Waals surface area (Å²) in [5, 5.41) is 6.49. The van der Waals surface area contributed by atoms with Gasteiger partial charge in [0.2, 0.25) is 5.91 Å². The fraction of sp³-hybridized carbons (Fsp3) is 0.391. The van der Waals surface area contributed by atoms with E-state index in [2.05, 4.69) is 33.8 Å². The van der Waals surface area contributed by atoms with Crippen molar-refractivity contribution in [1.82, 2.24) is 10.6 Å². The molecule has 6 nitrogen and oxygen atoms in total. The molecule has 0 aliphatic carbocycles. The Morgan fingerprint density at radius 2 is 1.83 bits per heavy atom. The number of fused-ring (bicyclic) bond motifs is 1. The van der Waals surface area contributed by atoms with Gasteiger partial charge in [-0.1, -0.05) is 48.5 Å². The summed E-state index contributed by atoms with van der Waals surface area (Å²) in [6.45, 7) is 3.37. The average molecular weight is 395 g/mol. The molecule has 0 bridgehead atoms. The quantitative estimate of drug-likeness (QED) is 0.390. The standard InChI is InChI=1S/C23H30N4O2/c1-24-23(26-15-17-29-18-19-8-3-2-4-9-19)25-14-7-12-22(28)27-16-13-20-10-5-6-11-21(20)27/h2-6,8-11H,7,12-18H2,1H3,(H2,24,25,26). The summed E-state index contributed by atoms with van der Waals surface area (Å²) in [4.78, 5) is 18.6. The van der Waals surface area contributed by atoms with Crippen molar-refractivity contribution in [3.05, 3.63) is 65.7 Å². The number of rotatable bonds is 9. The predicted molar refractivity (Wildman–Crippen MR) is 117 cm³/mol. The van der Waals surface area contributed by atoms with Gasteiger partial charge in [-0.15, -0.1) is 0 Å². The molecule has 1 aliphatic heterocycles. The molecule has 3 rings (SSSR count). The van der Waals surface area contributed by atoms with E-state index < -0.39 is 0 Å². The molecule has 0 radical (unpaired) electrons. The second-order valence-corrected chi connectivity index (χ2v) is 6.99. The number of nitrogens with one attached hydrogen (secondary N) is 2. The van der Waals surface area contributed by atoms with E-state index in [1.807, 2.05) is 41.3 Å². The van der Waals surface area contributed by atoms with Crippen LogP contribution in [0.2, 0.25) is 0 Å². The van der Waals surface area contributed by atoms with Gasteiger partial charge in [-0.3, -0.25) is 9.79 Å². The molecule has 0 unspecified atom stereocenters. The monoisotopic (exact) mass is 394 g/mol. The van der Waals surface area contributed by atoms with Gasteiger partial charge in [0.25, 0.3) is 0 Å². The first-order valence-electron chi connectivity index (χ1n) is 10.2. The molecular weight excluding hydrogens is 364 g/mol. The van der Waals surface area contributed by atoms with E-state index in [0.717, 1.165) is 31.0 Å². The largest absolute Gasteiger partial charge is 0.375 e. The lowest BCUT2D eigenvalue weighted by molar-refractivity contribution is -0.118. The van der Waals surface area contributed by atoms with Crippen molar-refractivity contribution >= 4 is 17.6 Å². The Kier molecular flexibility index (Phi) is 8.07. The van der Waals surface area contributed by atoms with Crippen LogP contribution in [0.25, 0.3) is 0 Å². The van der Waals surface area contributed by atoms with Gasteiger partial charge in [0.05, 0.1) is 13.2 Å². The van der Waals surface area contributed by atoms with Gasteiger partial charge in [0.15, 0.2) is 5.96 Å². The molecule has 0 atom stereocenters. The van der Waals surface area contributed by atoms with Crippen molar-refractivity contribution < 1.29 is 9.53 Å². The summed E-state index contributed by atoms with van der Waals surface area (Å²) in [5.74, 6) is 0.918. The fourth-order valence-corrected chi connectivity index (χ4v) is 3.41. The molecule has 0 saturated heterocycles. The van der Waals surface area contributed by atoms with Crippen LogP contribution < -0.4 is 15.5 Å². The van der Waals surface area contributed by atoms with Gasteiger partial charge in [-0.05, 0) is 30.0 Å². The molecule has 6 heteroatoms. The first kappa shape index (κ1) is 20.9. The number of aliphatic imine (C=N–C) groups is 1. The van der Waals surface area contributed by atoms with Crippen LogP contribution in [-0.2, 0) is 22.6 Å².